The Morgan fingerprint density at radius 3 is 2.35 bits per heavy atom. The summed E-state index contributed by atoms with van der Waals surface area (Å²) in [7, 11) is 0. The molecular weight excluding hydrogens is 336 g/mol. The lowest BCUT2D eigenvalue weighted by atomic mass is 10.2. The fourth-order valence-corrected chi connectivity index (χ4v) is 2.03. The van der Waals surface area contributed by atoms with Gasteiger partial charge in [-0.25, -0.2) is 0 Å². The third-order valence-corrected chi connectivity index (χ3v) is 3.31. The maximum absolute atomic E-state index is 11.9. The van der Waals surface area contributed by atoms with E-state index < -0.39 is 11.9 Å². The summed E-state index contributed by atoms with van der Waals surface area (Å²) in [4.78, 5) is 33.3. The molecule has 1 aromatic rings. The number of anilines is 2. The summed E-state index contributed by atoms with van der Waals surface area (Å²) in [6, 6.07) is 8.63. The van der Waals surface area contributed by atoms with Crippen LogP contribution in [0.15, 0.2) is 36.0 Å². The van der Waals surface area contributed by atoms with Crippen molar-refractivity contribution >= 4 is 29.2 Å². The fourth-order valence-electron chi connectivity index (χ4n) is 2.03. The number of amides is 2. The number of nitrogens with zero attached hydrogens (tertiary/aromatic N) is 1. The number of nitrogens with one attached hydrogen (secondary N) is 3. The number of carbonyl (C=O) groups is 3. The van der Waals surface area contributed by atoms with Gasteiger partial charge in [0, 0.05) is 37.5 Å². The van der Waals surface area contributed by atoms with Crippen LogP contribution >= 0.6 is 0 Å². The zero-order valence-electron chi connectivity index (χ0n) is 14.5. The van der Waals surface area contributed by atoms with Crippen LogP contribution in [0.1, 0.15) is 32.6 Å². The molecule has 0 saturated carbocycles. The quantitative estimate of drug-likeness (QED) is 0.288. The van der Waals surface area contributed by atoms with Crippen molar-refractivity contribution in [3.8, 4) is 6.07 Å². The van der Waals surface area contributed by atoms with Crippen LogP contribution in [0.2, 0.25) is 0 Å². The van der Waals surface area contributed by atoms with Gasteiger partial charge in [-0.05, 0) is 37.1 Å². The monoisotopic (exact) mass is 358 g/mol. The molecule has 0 heterocycles. The fraction of sp³-hybridized carbons (Fsp3) is 0.333. The molecule has 0 saturated heterocycles. The standard InChI is InChI=1S/C18H22N4O4/c1-13(23)22-16-8-6-15(7-9-16)21-12-14(11-19)18(26)20-10-4-2-3-5-17(24)25/h6-9,12,21H,2-5,10H2,1H3,(H,20,26)(H,22,23)(H,24,25)/b14-12-. The molecule has 4 N–H and O–H groups in total. The summed E-state index contributed by atoms with van der Waals surface area (Å²) in [5, 5.41) is 25.7. The molecule has 0 aliphatic carbocycles. The largest absolute Gasteiger partial charge is 0.481 e. The molecule has 0 unspecified atom stereocenters. The van der Waals surface area contributed by atoms with Gasteiger partial charge in [-0.15, -0.1) is 0 Å². The molecule has 0 radical (unpaired) electrons. The molecule has 0 aliphatic rings. The van der Waals surface area contributed by atoms with E-state index in [1.165, 1.54) is 13.1 Å². The molecule has 8 nitrogen and oxygen atoms in total. The van der Waals surface area contributed by atoms with E-state index in [0.717, 1.165) is 0 Å². The van der Waals surface area contributed by atoms with E-state index in [1.807, 2.05) is 6.07 Å². The van der Waals surface area contributed by atoms with Crippen molar-refractivity contribution in [2.45, 2.75) is 32.6 Å². The third kappa shape index (κ3) is 8.49. The van der Waals surface area contributed by atoms with Crippen molar-refractivity contribution in [1.82, 2.24) is 5.32 Å². The summed E-state index contributed by atoms with van der Waals surface area (Å²) in [5.41, 5.74) is 1.24. The summed E-state index contributed by atoms with van der Waals surface area (Å²) in [6.45, 7) is 1.79. The van der Waals surface area contributed by atoms with Crippen molar-refractivity contribution in [2.75, 3.05) is 17.2 Å². The predicted octanol–water partition coefficient (Wildman–Crippen LogP) is 2.23. The predicted molar refractivity (Wildman–Crippen MR) is 97.2 cm³/mol. The number of benzene rings is 1. The van der Waals surface area contributed by atoms with Crippen LogP contribution in [0.3, 0.4) is 0 Å². The lowest BCUT2D eigenvalue weighted by Gasteiger charge is -2.06. The summed E-state index contributed by atoms with van der Waals surface area (Å²) < 4.78 is 0. The smallest absolute Gasteiger partial charge is 0.303 e. The summed E-state index contributed by atoms with van der Waals surface area (Å²) >= 11 is 0. The third-order valence-electron chi connectivity index (χ3n) is 3.31. The van der Waals surface area contributed by atoms with Crippen molar-refractivity contribution in [3.63, 3.8) is 0 Å². The van der Waals surface area contributed by atoms with Crippen LogP contribution in [-0.4, -0.2) is 29.4 Å². The van der Waals surface area contributed by atoms with E-state index in [2.05, 4.69) is 16.0 Å². The van der Waals surface area contributed by atoms with Crippen molar-refractivity contribution in [2.24, 2.45) is 0 Å². The molecule has 0 spiro atoms. The lowest BCUT2D eigenvalue weighted by Crippen LogP contribution is -2.26. The number of carboxylic acids is 1. The molecule has 1 aromatic carbocycles. The SMILES string of the molecule is CC(=O)Nc1ccc(N/C=C(/C#N)C(=O)NCCCCCC(=O)O)cc1. The summed E-state index contributed by atoms with van der Waals surface area (Å²) in [5.74, 6) is -1.50. The van der Waals surface area contributed by atoms with Gasteiger partial charge in [0.25, 0.3) is 5.91 Å². The number of nitriles is 1. The molecule has 0 aliphatic heterocycles. The Kier molecular flexibility index (Phi) is 8.96. The Hall–Kier alpha value is -3.34. The van der Waals surface area contributed by atoms with Crippen LogP contribution < -0.4 is 16.0 Å². The van der Waals surface area contributed by atoms with Crippen LogP contribution in [0, 0.1) is 11.3 Å². The minimum absolute atomic E-state index is 0.0681. The second-order valence-electron chi connectivity index (χ2n) is 5.53. The highest BCUT2D eigenvalue weighted by molar-refractivity contribution is 5.97. The molecule has 1 rings (SSSR count). The highest BCUT2D eigenvalue weighted by atomic mass is 16.4. The zero-order valence-corrected chi connectivity index (χ0v) is 14.5. The van der Waals surface area contributed by atoms with Gasteiger partial charge in [0.05, 0.1) is 0 Å². The number of aliphatic carboxylic acids is 1. The molecule has 138 valence electrons. The molecule has 26 heavy (non-hydrogen) atoms. The molecule has 0 atom stereocenters. The molecular formula is C18H22N4O4. The van der Waals surface area contributed by atoms with E-state index in [0.29, 0.717) is 37.2 Å². The van der Waals surface area contributed by atoms with Gasteiger partial charge < -0.3 is 21.1 Å². The molecule has 0 aromatic heterocycles. The Morgan fingerprint density at radius 2 is 1.77 bits per heavy atom. The Balaban J connectivity index is 2.44. The highest BCUT2D eigenvalue weighted by Crippen LogP contribution is 2.13. The normalized spacial score (nSPS) is 10.5. The first-order valence-corrected chi connectivity index (χ1v) is 8.17. The highest BCUT2D eigenvalue weighted by Gasteiger charge is 2.08. The number of hydrogen-bond acceptors (Lipinski definition) is 5. The zero-order chi connectivity index (χ0) is 19.4. The number of carbonyl (C=O) groups excluding carboxylic acids is 2. The van der Waals surface area contributed by atoms with Gasteiger partial charge in [0.1, 0.15) is 11.6 Å². The first-order chi connectivity index (χ1) is 12.4. The molecule has 0 bridgehead atoms. The average molecular weight is 358 g/mol. The second-order valence-corrected chi connectivity index (χ2v) is 5.53. The maximum Gasteiger partial charge on any atom is 0.303 e. The number of unbranched alkanes of at least 4 members (excludes halogenated alkanes) is 2. The van der Waals surface area contributed by atoms with E-state index in [1.54, 1.807) is 24.3 Å². The minimum atomic E-state index is -0.833. The van der Waals surface area contributed by atoms with Gasteiger partial charge in [0.15, 0.2) is 0 Å². The lowest BCUT2D eigenvalue weighted by molar-refractivity contribution is -0.137. The van der Waals surface area contributed by atoms with Crippen LogP contribution in [0.4, 0.5) is 11.4 Å². The molecule has 0 fully saturated rings. The average Bonchev–Trinajstić information content (AvgIpc) is 2.59. The second kappa shape index (κ2) is 11.3. The first kappa shape index (κ1) is 20.7. The van der Waals surface area contributed by atoms with E-state index >= 15 is 0 Å². The number of rotatable bonds is 10. The van der Waals surface area contributed by atoms with Gasteiger partial charge in [-0.2, -0.15) is 5.26 Å². The number of hydrogen-bond donors (Lipinski definition) is 4. The Morgan fingerprint density at radius 1 is 1.12 bits per heavy atom. The van der Waals surface area contributed by atoms with E-state index in [9.17, 15) is 14.4 Å². The molecule has 8 heteroatoms. The van der Waals surface area contributed by atoms with Crippen LogP contribution in [0.5, 0.6) is 0 Å². The van der Waals surface area contributed by atoms with Crippen LogP contribution in [0.25, 0.3) is 0 Å². The Labute approximate surface area is 151 Å². The number of carboxylic acid groups (broad SMARTS) is 1. The van der Waals surface area contributed by atoms with Gasteiger partial charge >= 0.3 is 5.97 Å². The van der Waals surface area contributed by atoms with Crippen molar-refractivity contribution < 1.29 is 19.5 Å². The van der Waals surface area contributed by atoms with Gasteiger partial charge in [-0.3, -0.25) is 14.4 Å². The van der Waals surface area contributed by atoms with E-state index in [4.69, 9.17) is 10.4 Å². The van der Waals surface area contributed by atoms with E-state index in [-0.39, 0.29) is 17.9 Å². The minimum Gasteiger partial charge on any atom is -0.481 e. The first-order valence-electron chi connectivity index (χ1n) is 8.17. The van der Waals surface area contributed by atoms with Crippen LogP contribution in [-0.2, 0) is 14.4 Å². The topological polar surface area (TPSA) is 131 Å². The van der Waals surface area contributed by atoms with Crippen molar-refractivity contribution in [1.29, 1.82) is 5.26 Å². The van der Waals surface area contributed by atoms with Gasteiger partial charge in [0.2, 0.25) is 5.91 Å². The maximum atomic E-state index is 11.9. The molecule has 2 amide bonds. The van der Waals surface area contributed by atoms with Gasteiger partial charge in [-0.1, -0.05) is 6.42 Å². The Bertz CT molecular complexity index is 705. The summed E-state index contributed by atoms with van der Waals surface area (Å²) in [6.07, 6.45) is 3.32. The van der Waals surface area contributed by atoms with Crippen molar-refractivity contribution in [3.05, 3.63) is 36.0 Å².